The average Bonchev–Trinajstić information content (AvgIpc) is 2.76. The fourth-order valence-electron chi connectivity index (χ4n) is 2.19. The van der Waals surface area contributed by atoms with E-state index in [9.17, 15) is 4.79 Å². The van der Waals surface area contributed by atoms with Crippen LogP contribution in [0.25, 0.3) is 6.08 Å². The van der Waals surface area contributed by atoms with Crippen molar-refractivity contribution in [2.45, 2.75) is 6.92 Å². The molecule has 0 atom stereocenters. The molecule has 0 fully saturated rings. The monoisotopic (exact) mass is 388 g/mol. The van der Waals surface area contributed by atoms with Gasteiger partial charge in [-0.15, -0.1) is 0 Å². The molecule has 0 radical (unpaired) electrons. The molecule has 2 aromatic carbocycles. The van der Waals surface area contributed by atoms with Gasteiger partial charge in [-0.2, -0.15) is 10.1 Å². The number of hydrogen-bond acceptors (Lipinski definition) is 2. The second-order valence-corrected chi connectivity index (χ2v) is 6.00. The van der Waals surface area contributed by atoms with Gasteiger partial charge in [0.05, 0.1) is 17.0 Å². The van der Waals surface area contributed by atoms with Crippen LogP contribution in [-0.2, 0) is 4.79 Å². The molecule has 0 saturated heterocycles. The number of carbonyl (C=O) groups excluding carboxylic acids is 1. The van der Waals surface area contributed by atoms with E-state index in [1.54, 1.807) is 0 Å². The molecule has 4 heteroatoms. The number of carbonyl (C=O) groups is 1. The first-order valence-electron chi connectivity index (χ1n) is 6.57. The third-order valence-electron chi connectivity index (χ3n) is 3.22. The smallest absolute Gasteiger partial charge is 0.267 e. The van der Waals surface area contributed by atoms with E-state index >= 15 is 0 Å². The van der Waals surface area contributed by atoms with Crippen molar-refractivity contribution in [1.82, 2.24) is 0 Å². The van der Waals surface area contributed by atoms with Crippen LogP contribution in [0.4, 0.5) is 5.69 Å². The van der Waals surface area contributed by atoms with E-state index in [1.165, 1.54) is 5.01 Å². The molecular formula is C17H13IN2O. The van der Waals surface area contributed by atoms with E-state index in [2.05, 4.69) is 27.7 Å². The van der Waals surface area contributed by atoms with E-state index in [-0.39, 0.29) is 5.91 Å². The Kier molecular flexibility index (Phi) is 3.88. The number of nitrogens with zero attached hydrogens (tertiary/aromatic N) is 2. The van der Waals surface area contributed by atoms with Crippen LogP contribution in [0, 0.1) is 3.57 Å². The largest absolute Gasteiger partial charge is 0.280 e. The van der Waals surface area contributed by atoms with Crippen LogP contribution in [0.1, 0.15) is 12.5 Å². The molecule has 0 spiro atoms. The third kappa shape index (κ3) is 2.90. The highest BCUT2D eigenvalue weighted by Gasteiger charge is 2.28. The van der Waals surface area contributed by atoms with Crippen LogP contribution in [0.15, 0.2) is 65.3 Å². The molecule has 1 amide bonds. The first-order chi connectivity index (χ1) is 10.1. The highest BCUT2D eigenvalue weighted by molar-refractivity contribution is 14.1. The molecule has 21 heavy (non-hydrogen) atoms. The summed E-state index contributed by atoms with van der Waals surface area (Å²) in [7, 11) is 0. The lowest BCUT2D eigenvalue weighted by Gasteiger charge is -2.11. The lowest BCUT2D eigenvalue weighted by atomic mass is 10.1. The molecule has 0 aliphatic carbocycles. The van der Waals surface area contributed by atoms with Gasteiger partial charge >= 0.3 is 0 Å². The second-order valence-electron chi connectivity index (χ2n) is 4.75. The number of halogens is 1. The van der Waals surface area contributed by atoms with Gasteiger partial charge in [0.2, 0.25) is 0 Å². The highest BCUT2D eigenvalue weighted by Crippen LogP contribution is 2.24. The van der Waals surface area contributed by atoms with E-state index < -0.39 is 0 Å². The molecule has 1 aliphatic heterocycles. The summed E-state index contributed by atoms with van der Waals surface area (Å²) in [6.07, 6.45) is 1.90. The number of hydrazone groups is 1. The van der Waals surface area contributed by atoms with Gasteiger partial charge in [-0.05, 0) is 65.4 Å². The quantitative estimate of drug-likeness (QED) is 0.563. The van der Waals surface area contributed by atoms with E-state index in [4.69, 9.17) is 0 Å². The summed E-state index contributed by atoms with van der Waals surface area (Å²) < 4.78 is 1.14. The maximum atomic E-state index is 12.5. The summed E-state index contributed by atoms with van der Waals surface area (Å²) in [6.45, 7) is 1.86. The van der Waals surface area contributed by atoms with Crippen LogP contribution in [0.2, 0.25) is 0 Å². The Hall–Kier alpha value is -1.95. The van der Waals surface area contributed by atoms with Crippen LogP contribution in [-0.4, -0.2) is 11.6 Å². The molecule has 0 N–H and O–H groups in total. The number of amides is 1. The normalized spacial score (nSPS) is 16.5. The molecule has 3 rings (SSSR count). The minimum Gasteiger partial charge on any atom is -0.267 e. The number of rotatable bonds is 2. The van der Waals surface area contributed by atoms with Gasteiger partial charge in [-0.1, -0.05) is 30.3 Å². The van der Waals surface area contributed by atoms with Gasteiger partial charge in [0.1, 0.15) is 0 Å². The number of para-hydroxylation sites is 1. The predicted octanol–water partition coefficient (Wildman–Crippen LogP) is 4.10. The minimum atomic E-state index is -0.0856. The zero-order chi connectivity index (χ0) is 14.8. The molecule has 1 heterocycles. The third-order valence-corrected chi connectivity index (χ3v) is 3.89. The summed E-state index contributed by atoms with van der Waals surface area (Å²) in [6, 6.07) is 17.5. The van der Waals surface area contributed by atoms with Crippen molar-refractivity contribution >= 4 is 46.0 Å². The average molecular weight is 388 g/mol. The zero-order valence-corrected chi connectivity index (χ0v) is 13.6. The highest BCUT2D eigenvalue weighted by atomic mass is 127. The van der Waals surface area contributed by atoms with Gasteiger partial charge in [-0.25, -0.2) is 0 Å². The fraction of sp³-hybridized carbons (Fsp3) is 0.0588. The van der Waals surface area contributed by atoms with Crippen molar-refractivity contribution in [3.8, 4) is 0 Å². The van der Waals surface area contributed by atoms with Crippen molar-refractivity contribution < 1.29 is 4.79 Å². The van der Waals surface area contributed by atoms with E-state index in [1.807, 2.05) is 67.6 Å². The lowest BCUT2D eigenvalue weighted by molar-refractivity contribution is -0.114. The van der Waals surface area contributed by atoms with Gasteiger partial charge in [-0.3, -0.25) is 4.79 Å². The molecule has 0 saturated carbocycles. The molecule has 3 nitrogen and oxygen atoms in total. The van der Waals surface area contributed by atoms with E-state index in [0.29, 0.717) is 5.57 Å². The SMILES string of the molecule is CC1=NN(c2ccccc2)C(=O)/C1=C\c1cccc(I)c1. The topological polar surface area (TPSA) is 32.7 Å². The lowest BCUT2D eigenvalue weighted by Crippen LogP contribution is -2.21. The van der Waals surface area contributed by atoms with Crippen LogP contribution in [0.5, 0.6) is 0 Å². The summed E-state index contributed by atoms with van der Waals surface area (Å²) >= 11 is 2.26. The Balaban J connectivity index is 1.96. The number of anilines is 1. The molecule has 0 aromatic heterocycles. The van der Waals surface area contributed by atoms with Crippen molar-refractivity contribution in [2.75, 3.05) is 5.01 Å². The maximum Gasteiger partial charge on any atom is 0.280 e. The van der Waals surface area contributed by atoms with Crippen LogP contribution >= 0.6 is 22.6 Å². The van der Waals surface area contributed by atoms with Gasteiger partial charge in [0, 0.05) is 3.57 Å². The summed E-state index contributed by atoms with van der Waals surface area (Å²) in [5.74, 6) is -0.0856. The van der Waals surface area contributed by atoms with Crippen molar-refractivity contribution in [3.63, 3.8) is 0 Å². The molecule has 1 aliphatic rings. The summed E-state index contributed by atoms with van der Waals surface area (Å²) in [5.41, 5.74) is 3.17. The number of hydrogen-bond donors (Lipinski definition) is 0. The van der Waals surface area contributed by atoms with Crippen molar-refractivity contribution in [3.05, 3.63) is 69.3 Å². The predicted molar refractivity (Wildman–Crippen MR) is 94.2 cm³/mol. The Morgan fingerprint density at radius 3 is 2.57 bits per heavy atom. The molecular weight excluding hydrogens is 375 g/mol. The van der Waals surface area contributed by atoms with Gasteiger partial charge < -0.3 is 0 Å². The Morgan fingerprint density at radius 1 is 1.10 bits per heavy atom. The van der Waals surface area contributed by atoms with Gasteiger partial charge in [0.15, 0.2) is 0 Å². The zero-order valence-electron chi connectivity index (χ0n) is 11.5. The van der Waals surface area contributed by atoms with Crippen LogP contribution < -0.4 is 5.01 Å². The maximum absolute atomic E-state index is 12.5. The Labute approximate surface area is 137 Å². The number of benzene rings is 2. The Bertz CT molecular complexity index is 750. The molecule has 2 aromatic rings. The fourth-order valence-corrected chi connectivity index (χ4v) is 2.76. The summed E-state index contributed by atoms with van der Waals surface area (Å²) in [4.78, 5) is 12.5. The minimum absolute atomic E-state index is 0.0856. The second kappa shape index (κ2) is 5.81. The standard InChI is InChI=1S/C17H13IN2O/c1-12-16(11-13-6-5-7-14(18)10-13)17(21)20(19-12)15-8-3-2-4-9-15/h2-11H,1H3/b16-11-. The summed E-state index contributed by atoms with van der Waals surface area (Å²) in [5, 5.41) is 5.82. The van der Waals surface area contributed by atoms with Crippen molar-refractivity contribution in [2.24, 2.45) is 5.10 Å². The molecule has 0 unspecified atom stereocenters. The molecule has 0 bridgehead atoms. The Morgan fingerprint density at radius 2 is 1.86 bits per heavy atom. The van der Waals surface area contributed by atoms with E-state index in [0.717, 1.165) is 20.5 Å². The first-order valence-corrected chi connectivity index (χ1v) is 7.65. The van der Waals surface area contributed by atoms with Crippen molar-refractivity contribution in [1.29, 1.82) is 0 Å². The van der Waals surface area contributed by atoms with Gasteiger partial charge in [0.25, 0.3) is 5.91 Å². The first kappa shape index (κ1) is 14.0. The van der Waals surface area contributed by atoms with Crippen LogP contribution in [0.3, 0.4) is 0 Å². The molecule has 104 valence electrons.